The largest absolute Gasteiger partial charge is 0.467 e. The van der Waals surface area contributed by atoms with Gasteiger partial charge in [-0.1, -0.05) is 26.3 Å². The molecule has 0 heterocycles. The molecule has 2 rings (SSSR count). The van der Waals surface area contributed by atoms with Gasteiger partial charge in [-0.3, -0.25) is 4.79 Å². The van der Waals surface area contributed by atoms with Crippen LogP contribution in [0.2, 0.25) is 0 Å². The number of carbonyl (C=O) groups is 2. The summed E-state index contributed by atoms with van der Waals surface area (Å²) >= 11 is 0. The lowest BCUT2D eigenvalue weighted by molar-refractivity contribution is -0.171. The topological polar surface area (TPSA) is 63.6 Å². The fourth-order valence-electron chi connectivity index (χ4n) is 4.01. The molecule has 0 aromatic heterocycles. The molecule has 2 aliphatic rings. The van der Waals surface area contributed by atoms with Gasteiger partial charge in [0.1, 0.15) is 0 Å². The number of methoxy groups -OCH3 is 1. The molecule has 0 aromatic carbocycles. The first-order valence-corrected chi connectivity index (χ1v) is 7.70. The maximum Gasteiger partial charge on any atom is 0.338 e. The summed E-state index contributed by atoms with van der Waals surface area (Å²) in [6.07, 6.45) is 4.20. The van der Waals surface area contributed by atoms with Crippen molar-refractivity contribution in [2.24, 2.45) is 23.2 Å². The number of fused-ring (bicyclic) bond motifs is 1. The van der Waals surface area contributed by atoms with Gasteiger partial charge in [-0.15, -0.1) is 0 Å². The molecule has 0 bridgehead atoms. The Morgan fingerprint density at radius 3 is 2.67 bits per heavy atom. The second-order valence-electron chi connectivity index (χ2n) is 7.19. The second-order valence-corrected chi connectivity index (χ2v) is 7.19. The van der Waals surface area contributed by atoms with Crippen molar-refractivity contribution >= 4 is 11.8 Å². The summed E-state index contributed by atoms with van der Waals surface area (Å²) < 4.78 is 4.67. The molecule has 0 aromatic rings. The summed E-state index contributed by atoms with van der Waals surface area (Å²) in [4.78, 5) is 24.2. The summed E-state index contributed by atoms with van der Waals surface area (Å²) in [6, 6.07) is 0. The molecule has 0 aliphatic heterocycles. The van der Waals surface area contributed by atoms with Crippen LogP contribution in [0.1, 0.15) is 47.0 Å². The molecule has 0 saturated heterocycles. The number of aliphatic hydroxyl groups is 1. The van der Waals surface area contributed by atoms with E-state index in [9.17, 15) is 14.7 Å². The molecule has 1 saturated carbocycles. The third-order valence-electron chi connectivity index (χ3n) is 6.03. The zero-order chi connectivity index (χ0) is 16.0. The zero-order valence-corrected chi connectivity index (χ0v) is 13.6. The van der Waals surface area contributed by atoms with Crippen molar-refractivity contribution in [1.29, 1.82) is 0 Å². The number of rotatable bonds is 2. The zero-order valence-electron chi connectivity index (χ0n) is 13.6. The van der Waals surface area contributed by atoms with Crippen LogP contribution in [0.25, 0.3) is 0 Å². The van der Waals surface area contributed by atoms with Crippen molar-refractivity contribution in [3.8, 4) is 0 Å². The Bertz CT molecular complexity index is 491. The summed E-state index contributed by atoms with van der Waals surface area (Å²) in [5.74, 6) is -0.630. The number of ether oxygens (including phenoxy) is 1. The van der Waals surface area contributed by atoms with Gasteiger partial charge in [-0.25, -0.2) is 4.79 Å². The maximum absolute atomic E-state index is 12.4. The predicted octanol–water partition coefficient (Wildman–Crippen LogP) is 2.50. The quantitative estimate of drug-likeness (QED) is 0.795. The van der Waals surface area contributed by atoms with Crippen molar-refractivity contribution in [2.45, 2.75) is 52.6 Å². The monoisotopic (exact) mass is 294 g/mol. The van der Waals surface area contributed by atoms with Gasteiger partial charge in [0.05, 0.1) is 13.0 Å². The van der Waals surface area contributed by atoms with Crippen molar-refractivity contribution in [3.63, 3.8) is 0 Å². The van der Waals surface area contributed by atoms with E-state index in [-0.39, 0.29) is 11.2 Å². The molecule has 1 N–H and O–H groups in total. The van der Waals surface area contributed by atoms with E-state index in [0.29, 0.717) is 18.3 Å². The molecule has 118 valence electrons. The molecular formula is C17H26O4. The molecule has 4 heteroatoms. The van der Waals surface area contributed by atoms with E-state index >= 15 is 0 Å². The smallest absolute Gasteiger partial charge is 0.338 e. The Balaban J connectivity index is 2.40. The molecule has 0 radical (unpaired) electrons. The number of hydrogen-bond donors (Lipinski definition) is 1. The summed E-state index contributed by atoms with van der Waals surface area (Å²) in [5, 5.41) is 10.5. The highest BCUT2D eigenvalue weighted by Gasteiger charge is 2.53. The number of allylic oxidation sites excluding steroid dienone is 2. The molecule has 21 heavy (non-hydrogen) atoms. The van der Waals surface area contributed by atoms with Crippen molar-refractivity contribution < 1.29 is 19.4 Å². The normalized spacial score (nSPS) is 39.0. The Morgan fingerprint density at radius 2 is 2.10 bits per heavy atom. The fraction of sp³-hybridized carbons (Fsp3) is 0.765. The van der Waals surface area contributed by atoms with E-state index in [0.717, 1.165) is 12.8 Å². The van der Waals surface area contributed by atoms with Crippen LogP contribution in [0.4, 0.5) is 0 Å². The SMILES string of the molecule is COC(=O)C(C)(O)C1CC2(C)C(=CC1=O)CC[C@H](C)C2C. The van der Waals surface area contributed by atoms with E-state index in [1.165, 1.54) is 19.6 Å². The Labute approximate surface area is 126 Å². The highest BCUT2D eigenvalue weighted by Crippen LogP contribution is 2.54. The minimum absolute atomic E-state index is 0.131. The summed E-state index contributed by atoms with van der Waals surface area (Å²) in [7, 11) is 1.23. The lowest BCUT2D eigenvalue weighted by Crippen LogP contribution is -2.52. The minimum Gasteiger partial charge on any atom is -0.467 e. The predicted molar refractivity (Wildman–Crippen MR) is 79.5 cm³/mol. The van der Waals surface area contributed by atoms with Gasteiger partial charge < -0.3 is 9.84 Å². The van der Waals surface area contributed by atoms with Gasteiger partial charge in [0, 0.05) is 0 Å². The summed E-state index contributed by atoms with van der Waals surface area (Å²) in [5.41, 5.74) is -0.721. The van der Waals surface area contributed by atoms with Crippen molar-refractivity contribution in [1.82, 2.24) is 0 Å². The van der Waals surface area contributed by atoms with Crippen LogP contribution in [0, 0.1) is 23.2 Å². The minimum atomic E-state index is -1.77. The lowest BCUT2D eigenvalue weighted by Gasteiger charge is -2.50. The average molecular weight is 294 g/mol. The van der Waals surface area contributed by atoms with Crippen LogP contribution in [-0.4, -0.2) is 29.6 Å². The van der Waals surface area contributed by atoms with Gasteiger partial charge in [-0.05, 0) is 49.5 Å². The second kappa shape index (κ2) is 5.24. The van der Waals surface area contributed by atoms with Crippen LogP contribution < -0.4 is 0 Å². The lowest BCUT2D eigenvalue weighted by atomic mass is 9.54. The number of esters is 1. The first-order valence-electron chi connectivity index (χ1n) is 7.70. The summed E-state index contributed by atoms with van der Waals surface area (Å²) in [6.45, 7) is 7.99. The van der Waals surface area contributed by atoms with Crippen molar-refractivity contribution in [3.05, 3.63) is 11.6 Å². The Morgan fingerprint density at radius 1 is 1.48 bits per heavy atom. The Hall–Kier alpha value is -1.16. The average Bonchev–Trinajstić information content (AvgIpc) is 2.44. The van der Waals surface area contributed by atoms with E-state index < -0.39 is 17.5 Å². The van der Waals surface area contributed by atoms with Crippen molar-refractivity contribution in [2.75, 3.05) is 7.11 Å². The van der Waals surface area contributed by atoms with Crippen LogP contribution >= 0.6 is 0 Å². The fourth-order valence-corrected chi connectivity index (χ4v) is 4.01. The van der Waals surface area contributed by atoms with Gasteiger partial charge in [-0.2, -0.15) is 0 Å². The molecule has 2 aliphatic carbocycles. The van der Waals surface area contributed by atoms with Gasteiger partial charge in [0.2, 0.25) is 0 Å². The molecule has 0 amide bonds. The molecule has 5 atom stereocenters. The van der Waals surface area contributed by atoms with E-state index in [2.05, 4.69) is 25.5 Å². The number of carbonyl (C=O) groups excluding carboxylic acids is 2. The van der Waals surface area contributed by atoms with Crippen LogP contribution in [0.15, 0.2) is 11.6 Å². The molecule has 4 nitrogen and oxygen atoms in total. The van der Waals surface area contributed by atoms with E-state index in [1.807, 2.05) is 0 Å². The first kappa shape index (κ1) is 16.2. The highest BCUT2D eigenvalue weighted by molar-refractivity contribution is 5.98. The molecular weight excluding hydrogens is 268 g/mol. The first-order chi connectivity index (χ1) is 9.64. The van der Waals surface area contributed by atoms with Crippen LogP contribution in [0.5, 0.6) is 0 Å². The molecule has 1 fully saturated rings. The number of ketones is 1. The highest BCUT2D eigenvalue weighted by atomic mass is 16.5. The number of hydrogen-bond acceptors (Lipinski definition) is 4. The van der Waals surface area contributed by atoms with Crippen LogP contribution in [-0.2, 0) is 14.3 Å². The third kappa shape index (κ3) is 2.44. The van der Waals surface area contributed by atoms with E-state index in [4.69, 9.17) is 0 Å². The third-order valence-corrected chi connectivity index (χ3v) is 6.03. The molecule has 4 unspecified atom stereocenters. The standard InChI is InChI=1S/C17H26O4/c1-10-6-7-12-8-14(18)13(9-16(12,3)11(10)2)17(4,20)15(19)21-5/h8,10-11,13,20H,6-7,9H2,1-5H3/t10-,11?,13?,16?,17?/m0/s1. The van der Waals surface area contributed by atoms with E-state index in [1.54, 1.807) is 6.08 Å². The molecule has 0 spiro atoms. The van der Waals surface area contributed by atoms with Crippen LogP contribution in [0.3, 0.4) is 0 Å². The van der Waals surface area contributed by atoms with Gasteiger partial charge in [0.15, 0.2) is 11.4 Å². The van der Waals surface area contributed by atoms with Gasteiger partial charge in [0.25, 0.3) is 0 Å². The maximum atomic E-state index is 12.4. The Kier molecular flexibility index (Phi) is 4.04. The van der Waals surface area contributed by atoms with Gasteiger partial charge >= 0.3 is 5.97 Å².